The molecule has 0 bridgehead atoms. The van der Waals surface area contributed by atoms with Crippen molar-refractivity contribution in [2.45, 2.75) is 49.9 Å². The molecular weight excluding hydrogens is 526 g/mol. The van der Waals surface area contributed by atoms with Crippen molar-refractivity contribution in [3.05, 3.63) is 65.7 Å². The third-order valence-electron chi connectivity index (χ3n) is 5.68. The Morgan fingerprint density at radius 2 is 1.18 bits per heavy atom. The Kier molecular flexibility index (Phi) is 11.6. The van der Waals surface area contributed by atoms with Crippen LogP contribution in [0, 0.1) is 0 Å². The predicted molar refractivity (Wildman–Crippen MR) is 139 cm³/mol. The average molecular weight is 558 g/mol. The van der Waals surface area contributed by atoms with Crippen LogP contribution in [0.25, 0.3) is 0 Å². The van der Waals surface area contributed by atoms with E-state index in [0.29, 0.717) is 11.1 Å². The quantitative estimate of drug-likeness (QED) is 0.124. The summed E-state index contributed by atoms with van der Waals surface area (Å²) >= 11 is 0. The summed E-state index contributed by atoms with van der Waals surface area (Å²) in [7, 11) is 0. The Bertz CT molecular complexity index is 1220. The molecule has 2 aromatic carbocycles. The number of aliphatic carboxylic acids is 2. The zero-order valence-electron chi connectivity index (χ0n) is 21.3. The average Bonchev–Trinajstić information content (AvgIpc) is 2.88. The van der Waals surface area contributed by atoms with Gasteiger partial charge < -0.3 is 42.7 Å². The number of aromatic hydroxyl groups is 1. The molecular formula is C26H31N5O9. The van der Waals surface area contributed by atoms with Crippen molar-refractivity contribution in [3.63, 3.8) is 0 Å². The van der Waals surface area contributed by atoms with E-state index in [9.17, 15) is 44.1 Å². The number of phenols is 1. The molecule has 2 rings (SSSR count). The summed E-state index contributed by atoms with van der Waals surface area (Å²) in [6.07, 6.45) is -1.66. The normalized spacial score (nSPS) is 13.6. The maximum absolute atomic E-state index is 13.2. The van der Waals surface area contributed by atoms with Gasteiger partial charge >= 0.3 is 11.9 Å². The fourth-order valence-corrected chi connectivity index (χ4v) is 3.64. The smallest absolute Gasteiger partial charge is 0.326 e. The van der Waals surface area contributed by atoms with Crippen molar-refractivity contribution in [1.29, 1.82) is 0 Å². The molecule has 4 unspecified atom stereocenters. The number of hydrogen-bond acceptors (Lipinski definition) is 8. The number of primary amides is 1. The summed E-state index contributed by atoms with van der Waals surface area (Å²) in [5.41, 5.74) is 11.8. The Morgan fingerprint density at radius 3 is 1.73 bits per heavy atom. The first-order valence-electron chi connectivity index (χ1n) is 12.1. The second-order valence-corrected chi connectivity index (χ2v) is 8.96. The van der Waals surface area contributed by atoms with Crippen LogP contribution in [0.5, 0.6) is 5.75 Å². The molecule has 4 atom stereocenters. The second-order valence-electron chi connectivity index (χ2n) is 8.96. The van der Waals surface area contributed by atoms with Crippen LogP contribution in [0.15, 0.2) is 54.6 Å². The highest BCUT2D eigenvalue weighted by molar-refractivity contribution is 5.96. The van der Waals surface area contributed by atoms with Crippen molar-refractivity contribution < 1.29 is 44.1 Å². The van der Waals surface area contributed by atoms with Gasteiger partial charge in [0.15, 0.2) is 0 Å². The summed E-state index contributed by atoms with van der Waals surface area (Å²) in [6.45, 7) is 0. The highest BCUT2D eigenvalue weighted by atomic mass is 16.4. The number of carbonyl (C=O) groups is 6. The van der Waals surface area contributed by atoms with Crippen molar-refractivity contribution in [1.82, 2.24) is 16.0 Å². The second kappa shape index (κ2) is 14.8. The van der Waals surface area contributed by atoms with E-state index in [1.807, 2.05) is 0 Å². The van der Waals surface area contributed by atoms with Gasteiger partial charge in [0.05, 0.1) is 18.9 Å². The largest absolute Gasteiger partial charge is 0.508 e. The lowest BCUT2D eigenvalue weighted by Crippen LogP contribution is -2.58. The number of carboxylic acids is 2. The molecule has 2 aromatic rings. The standard InChI is InChI=1S/C26H31N5O9/c27-17(12-21(28)33)23(36)29-18(10-14-4-2-1-3-5-14)24(37)30-19(13-22(34)35)25(38)31-20(26(39)40)11-15-6-8-16(32)9-7-15/h1-9,17-20,32H,10-13,27H2,(H2,28,33)(H,29,36)(H,30,37)(H,31,38)(H,34,35)(H,39,40). The van der Waals surface area contributed by atoms with Crippen LogP contribution in [-0.4, -0.2) is 75.1 Å². The zero-order chi connectivity index (χ0) is 29.8. The molecule has 0 aliphatic rings. The lowest BCUT2D eigenvalue weighted by molar-refractivity contribution is -0.143. The van der Waals surface area contributed by atoms with E-state index < -0.39 is 72.6 Å². The van der Waals surface area contributed by atoms with Crippen molar-refractivity contribution >= 4 is 35.6 Å². The van der Waals surface area contributed by atoms with E-state index in [1.54, 1.807) is 30.3 Å². The molecule has 0 heterocycles. The van der Waals surface area contributed by atoms with Gasteiger partial charge in [-0.05, 0) is 23.3 Å². The van der Waals surface area contributed by atoms with E-state index in [2.05, 4.69) is 16.0 Å². The predicted octanol–water partition coefficient (Wildman–Crippen LogP) is -1.61. The van der Waals surface area contributed by atoms with E-state index in [4.69, 9.17) is 11.5 Å². The Balaban J connectivity index is 2.23. The fourth-order valence-electron chi connectivity index (χ4n) is 3.64. The minimum absolute atomic E-state index is 0.0448. The van der Waals surface area contributed by atoms with E-state index >= 15 is 0 Å². The van der Waals surface area contributed by atoms with Gasteiger partial charge in [-0.2, -0.15) is 0 Å². The summed E-state index contributed by atoms with van der Waals surface area (Å²) in [4.78, 5) is 73.1. The Hall–Kier alpha value is -4.98. The molecule has 10 N–H and O–H groups in total. The molecule has 0 radical (unpaired) electrons. The van der Waals surface area contributed by atoms with E-state index in [-0.39, 0.29) is 18.6 Å². The summed E-state index contributed by atoms with van der Waals surface area (Å²) in [6, 6.07) is 8.10. The zero-order valence-corrected chi connectivity index (χ0v) is 21.3. The van der Waals surface area contributed by atoms with Gasteiger partial charge in [0, 0.05) is 12.8 Å². The molecule has 0 aliphatic carbocycles. The van der Waals surface area contributed by atoms with Gasteiger partial charge in [0.25, 0.3) is 0 Å². The van der Waals surface area contributed by atoms with Gasteiger partial charge in [-0.3, -0.25) is 24.0 Å². The molecule has 14 nitrogen and oxygen atoms in total. The lowest BCUT2D eigenvalue weighted by Gasteiger charge is -2.24. The van der Waals surface area contributed by atoms with Crippen LogP contribution in [0.2, 0.25) is 0 Å². The monoisotopic (exact) mass is 557 g/mol. The number of nitrogens with one attached hydrogen (secondary N) is 3. The molecule has 0 aliphatic heterocycles. The molecule has 40 heavy (non-hydrogen) atoms. The minimum Gasteiger partial charge on any atom is -0.508 e. The first kappa shape index (κ1) is 31.2. The number of rotatable bonds is 15. The summed E-state index contributed by atoms with van der Waals surface area (Å²) < 4.78 is 0. The highest BCUT2D eigenvalue weighted by Crippen LogP contribution is 2.12. The van der Waals surface area contributed by atoms with Gasteiger partial charge in [0.1, 0.15) is 23.9 Å². The Morgan fingerprint density at radius 1 is 0.675 bits per heavy atom. The number of carbonyl (C=O) groups excluding carboxylic acids is 4. The van der Waals surface area contributed by atoms with E-state index in [1.165, 1.54) is 24.3 Å². The van der Waals surface area contributed by atoms with Gasteiger partial charge in [-0.25, -0.2) is 4.79 Å². The first-order chi connectivity index (χ1) is 18.8. The number of nitrogens with two attached hydrogens (primary N) is 2. The number of phenolic OH excluding ortho intramolecular Hbond substituents is 1. The topological polar surface area (TPSA) is 251 Å². The van der Waals surface area contributed by atoms with Crippen molar-refractivity contribution in [2.75, 3.05) is 0 Å². The van der Waals surface area contributed by atoms with Crippen LogP contribution in [0.1, 0.15) is 24.0 Å². The fraction of sp³-hybridized carbons (Fsp3) is 0.308. The lowest BCUT2D eigenvalue weighted by atomic mass is 10.0. The van der Waals surface area contributed by atoms with Crippen molar-refractivity contribution in [2.24, 2.45) is 11.5 Å². The van der Waals surface area contributed by atoms with Gasteiger partial charge in [0.2, 0.25) is 23.6 Å². The maximum atomic E-state index is 13.2. The summed E-state index contributed by atoms with van der Waals surface area (Å²) in [5, 5.41) is 35.2. The molecule has 14 heteroatoms. The number of amides is 4. The minimum atomic E-state index is -1.71. The van der Waals surface area contributed by atoms with E-state index in [0.717, 1.165) is 0 Å². The molecule has 0 aromatic heterocycles. The van der Waals surface area contributed by atoms with Gasteiger partial charge in [-0.15, -0.1) is 0 Å². The van der Waals surface area contributed by atoms with Crippen LogP contribution < -0.4 is 27.4 Å². The molecule has 214 valence electrons. The number of hydrogen-bond donors (Lipinski definition) is 8. The molecule has 0 saturated heterocycles. The number of benzene rings is 2. The third-order valence-corrected chi connectivity index (χ3v) is 5.68. The van der Waals surface area contributed by atoms with Crippen LogP contribution in [-0.2, 0) is 41.6 Å². The number of carboxylic acid groups (broad SMARTS) is 2. The summed E-state index contributed by atoms with van der Waals surface area (Å²) in [5.74, 6) is -6.68. The molecule has 0 fully saturated rings. The highest BCUT2D eigenvalue weighted by Gasteiger charge is 2.32. The molecule has 0 spiro atoms. The molecule has 4 amide bonds. The van der Waals surface area contributed by atoms with Crippen LogP contribution >= 0.6 is 0 Å². The molecule has 0 saturated carbocycles. The SMILES string of the molecule is NC(=O)CC(N)C(=O)NC(Cc1ccccc1)C(=O)NC(CC(=O)O)C(=O)NC(Cc1ccc(O)cc1)C(=O)O. The third kappa shape index (κ3) is 10.4. The maximum Gasteiger partial charge on any atom is 0.326 e. The van der Waals surface area contributed by atoms with Gasteiger partial charge in [-0.1, -0.05) is 42.5 Å². The first-order valence-corrected chi connectivity index (χ1v) is 12.1. The van der Waals surface area contributed by atoms with Crippen molar-refractivity contribution in [3.8, 4) is 5.75 Å². The van der Waals surface area contributed by atoms with Crippen LogP contribution in [0.3, 0.4) is 0 Å². The Labute approximate surface area is 228 Å². The van der Waals surface area contributed by atoms with Crippen LogP contribution in [0.4, 0.5) is 0 Å².